The van der Waals surface area contributed by atoms with Crippen molar-refractivity contribution in [3.8, 4) is 0 Å². The maximum atomic E-state index is 13.1. The third kappa shape index (κ3) is 3.01. The van der Waals surface area contributed by atoms with Crippen LogP contribution < -0.4 is 5.32 Å². The lowest BCUT2D eigenvalue weighted by molar-refractivity contribution is 0.578. The Bertz CT molecular complexity index is 525. The molecule has 0 saturated carbocycles. The number of hydrogen-bond donors (Lipinski definition) is 1. The molecule has 0 aliphatic rings. The van der Waals surface area contributed by atoms with Gasteiger partial charge in [-0.05, 0) is 30.7 Å². The van der Waals surface area contributed by atoms with Crippen LogP contribution in [0.1, 0.15) is 19.0 Å². The minimum atomic E-state index is -0.302. The molecule has 0 spiro atoms. The van der Waals surface area contributed by atoms with E-state index in [1.165, 1.54) is 12.1 Å². The number of nitrogens with one attached hydrogen (secondary N) is 1. The second kappa shape index (κ2) is 5.87. The van der Waals surface area contributed by atoms with Crippen molar-refractivity contribution in [2.75, 3.05) is 5.32 Å². The molecule has 0 radical (unpaired) electrons. The third-order valence-electron chi connectivity index (χ3n) is 2.63. The Labute approximate surface area is 111 Å². The van der Waals surface area contributed by atoms with E-state index >= 15 is 0 Å². The predicted molar refractivity (Wildman–Crippen MR) is 71.3 cm³/mol. The van der Waals surface area contributed by atoms with Gasteiger partial charge in [-0.1, -0.05) is 18.5 Å². The summed E-state index contributed by atoms with van der Waals surface area (Å²) in [5.74, 6) is -0.302. The fourth-order valence-corrected chi connectivity index (χ4v) is 1.93. The molecule has 1 N–H and O–H groups in total. The van der Waals surface area contributed by atoms with E-state index in [1.54, 1.807) is 12.3 Å². The Morgan fingerprint density at radius 1 is 1.39 bits per heavy atom. The molecule has 0 fully saturated rings. The number of aromatic nitrogens is 2. The average Bonchev–Trinajstić information content (AvgIpc) is 2.78. The average molecular weight is 268 g/mol. The maximum Gasteiger partial charge on any atom is 0.125 e. The first-order valence-electron chi connectivity index (χ1n) is 5.90. The smallest absolute Gasteiger partial charge is 0.125 e. The summed E-state index contributed by atoms with van der Waals surface area (Å²) in [5, 5.41) is 7.86. The lowest BCUT2D eigenvalue weighted by Gasteiger charge is -2.10. The van der Waals surface area contributed by atoms with Crippen molar-refractivity contribution in [2.24, 2.45) is 0 Å². The van der Waals surface area contributed by atoms with Gasteiger partial charge in [-0.25, -0.2) is 4.39 Å². The van der Waals surface area contributed by atoms with Gasteiger partial charge in [0.2, 0.25) is 0 Å². The highest BCUT2D eigenvalue weighted by molar-refractivity contribution is 6.33. The first-order valence-corrected chi connectivity index (χ1v) is 6.28. The first kappa shape index (κ1) is 12.9. The van der Waals surface area contributed by atoms with E-state index in [9.17, 15) is 4.39 Å². The molecule has 1 aromatic heterocycles. The standard InChI is InChI=1S/C13H15ClFN3/c1-2-7-18-11(5-6-17-18)9-16-13-8-10(15)3-4-12(13)14/h3-6,8,16H,2,7,9H2,1H3. The van der Waals surface area contributed by atoms with Crippen LogP contribution in [0.5, 0.6) is 0 Å². The summed E-state index contributed by atoms with van der Waals surface area (Å²) in [6.07, 6.45) is 2.79. The molecule has 0 saturated heterocycles. The fourth-order valence-electron chi connectivity index (χ4n) is 1.74. The van der Waals surface area contributed by atoms with Gasteiger partial charge >= 0.3 is 0 Å². The van der Waals surface area contributed by atoms with Crippen LogP contribution in [-0.4, -0.2) is 9.78 Å². The molecule has 0 unspecified atom stereocenters. The first-order chi connectivity index (χ1) is 8.70. The van der Waals surface area contributed by atoms with Crippen molar-refractivity contribution in [2.45, 2.75) is 26.4 Å². The van der Waals surface area contributed by atoms with Crippen LogP contribution in [0, 0.1) is 5.82 Å². The summed E-state index contributed by atoms with van der Waals surface area (Å²) in [7, 11) is 0. The molecule has 0 aliphatic carbocycles. The Hall–Kier alpha value is -1.55. The number of halogens is 2. The zero-order valence-corrected chi connectivity index (χ0v) is 10.9. The van der Waals surface area contributed by atoms with E-state index in [0.29, 0.717) is 17.3 Å². The second-order valence-electron chi connectivity index (χ2n) is 4.02. The van der Waals surface area contributed by atoms with Crippen molar-refractivity contribution in [1.82, 2.24) is 9.78 Å². The molecule has 18 heavy (non-hydrogen) atoms. The van der Waals surface area contributed by atoms with Gasteiger partial charge < -0.3 is 5.32 Å². The molecule has 5 heteroatoms. The van der Waals surface area contributed by atoms with Crippen molar-refractivity contribution in [1.29, 1.82) is 0 Å². The molecule has 2 aromatic rings. The van der Waals surface area contributed by atoms with Crippen molar-refractivity contribution >= 4 is 17.3 Å². The van der Waals surface area contributed by atoms with Gasteiger partial charge in [0.1, 0.15) is 5.82 Å². The maximum absolute atomic E-state index is 13.1. The quantitative estimate of drug-likeness (QED) is 0.895. The van der Waals surface area contributed by atoms with Crippen molar-refractivity contribution in [3.63, 3.8) is 0 Å². The van der Waals surface area contributed by atoms with Gasteiger partial charge in [-0.2, -0.15) is 5.10 Å². The minimum absolute atomic E-state index is 0.302. The topological polar surface area (TPSA) is 29.9 Å². The number of anilines is 1. The Morgan fingerprint density at radius 3 is 3.00 bits per heavy atom. The van der Waals surface area contributed by atoms with E-state index in [2.05, 4.69) is 17.3 Å². The Morgan fingerprint density at radius 2 is 2.22 bits per heavy atom. The molecule has 1 heterocycles. The van der Waals surface area contributed by atoms with Gasteiger partial charge in [-0.3, -0.25) is 4.68 Å². The van der Waals surface area contributed by atoms with Crippen LogP contribution in [0.2, 0.25) is 5.02 Å². The molecule has 3 nitrogen and oxygen atoms in total. The Balaban J connectivity index is 2.06. The molecule has 1 aromatic carbocycles. The normalized spacial score (nSPS) is 10.6. The van der Waals surface area contributed by atoms with E-state index in [4.69, 9.17) is 11.6 Å². The predicted octanol–water partition coefficient (Wildman–Crippen LogP) is 3.70. The minimum Gasteiger partial charge on any atom is -0.378 e. The second-order valence-corrected chi connectivity index (χ2v) is 4.43. The van der Waals surface area contributed by atoms with Crippen molar-refractivity contribution in [3.05, 3.63) is 47.0 Å². The van der Waals surface area contributed by atoms with Gasteiger partial charge in [0, 0.05) is 12.7 Å². The number of nitrogens with zero attached hydrogens (tertiary/aromatic N) is 2. The molecular formula is C13H15ClFN3. The van der Waals surface area contributed by atoms with E-state index in [0.717, 1.165) is 18.7 Å². The van der Waals surface area contributed by atoms with E-state index in [-0.39, 0.29) is 5.82 Å². The van der Waals surface area contributed by atoms with Crippen LogP contribution >= 0.6 is 11.6 Å². The van der Waals surface area contributed by atoms with Crippen LogP contribution in [0.25, 0.3) is 0 Å². The number of benzene rings is 1. The summed E-state index contributed by atoms with van der Waals surface area (Å²) < 4.78 is 15.0. The van der Waals surface area contributed by atoms with Crippen LogP contribution in [-0.2, 0) is 13.1 Å². The summed E-state index contributed by atoms with van der Waals surface area (Å²) in [6, 6.07) is 6.22. The highest BCUT2D eigenvalue weighted by Crippen LogP contribution is 2.22. The third-order valence-corrected chi connectivity index (χ3v) is 2.96. The van der Waals surface area contributed by atoms with Crippen LogP contribution in [0.3, 0.4) is 0 Å². The molecular weight excluding hydrogens is 253 g/mol. The highest BCUT2D eigenvalue weighted by Gasteiger charge is 2.04. The summed E-state index contributed by atoms with van der Waals surface area (Å²) >= 11 is 5.99. The summed E-state index contributed by atoms with van der Waals surface area (Å²) in [4.78, 5) is 0. The molecule has 0 aliphatic heterocycles. The molecule has 0 atom stereocenters. The number of rotatable bonds is 5. The number of aryl methyl sites for hydroxylation is 1. The lowest BCUT2D eigenvalue weighted by Crippen LogP contribution is -2.09. The Kier molecular flexibility index (Phi) is 4.20. The number of hydrogen-bond acceptors (Lipinski definition) is 2. The zero-order valence-electron chi connectivity index (χ0n) is 10.2. The molecule has 0 bridgehead atoms. The summed E-state index contributed by atoms with van der Waals surface area (Å²) in [5.41, 5.74) is 1.65. The van der Waals surface area contributed by atoms with Gasteiger partial charge in [0.25, 0.3) is 0 Å². The molecule has 2 rings (SSSR count). The van der Waals surface area contributed by atoms with E-state index < -0.39 is 0 Å². The van der Waals surface area contributed by atoms with E-state index in [1.807, 2.05) is 10.7 Å². The van der Waals surface area contributed by atoms with Gasteiger partial charge in [0.15, 0.2) is 0 Å². The highest BCUT2D eigenvalue weighted by atomic mass is 35.5. The van der Waals surface area contributed by atoms with Crippen LogP contribution in [0.4, 0.5) is 10.1 Å². The van der Waals surface area contributed by atoms with Gasteiger partial charge in [-0.15, -0.1) is 0 Å². The summed E-state index contributed by atoms with van der Waals surface area (Å²) in [6.45, 7) is 3.55. The van der Waals surface area contributed by atoms with Gasteiger partial charge in [0.05, 0.1) is 22.9 Å². The molecule has 0 amide bonds. The van der Waals surface area contributed by atoms with Crippen molar-refractivity contribution < 1.29 is 4.39 Å². The fraction of sp³-hybridized carbons (Fsp3) is 0.308. The zero-order chi connectivity index (χ0) is 13.0. The largest absolute Gasteiger partial charge is 0.378 e. The molecule has 96 valence electrons. The monoisotopic (exact) mass is 267 g/mol. The SMILES string of the molecule is CCCn1nccc1CNc1cc(F)ccc1Cl. The van der Waals surface area contributed by atoms with Crippen LogP contribution in [0.15, 0.2) is 30.5 Å². The lowest BCUT2D eigenvalue weighted by atomic mass is 10.3.